The summed E-state index contributed by atoms with van der Waals surface area (Å²) in [6.45, 7) is 0. The third-order valence-corrected chi connectivity index (χ3v) is 2.46. The van der Waals surface area contributed by atoms with E-state index in [1.54, 1.807) is 18.2 Å². The molecule has 0 N–H and O–H groups in total. The molecule has 20 heavy (non-hydrogen) atoms. The molecule has 0 aromatic heterocycles. The quantitative estimate of drug-likeness (QED) is 0.370. The summed E-state index contributed by atoms with van der Waals surface area (Å²) in [4.78, 5) is 21.9. The van der Waals surface area contributed by atoms with Gasteiger partial charge in [0.05, 0.1) is 15.6 Å². The fourth-order valence-corrected chi connectivity index (χ4v) is 1.51. The van der Waals surface area contributed by atoms with Gasteiger partial charge < -0.3 is 5.21 Å². The Kier molecular flexibility index (Phi) is 3.80. The largest absolute Gasteiger partial charge is 0.594 e. The standard InChI is InChI=1S/C13H9N3O4/c17-13(10-5-4-8-12(9-10)16(19)20)14-15(18)11-6-2-1-3-7-11/h1-9H. The lowest BCUT2D eigenvalue weighted by atomic mass is 10.2. The Morgan fingerprint density at radius 3 is 2.25 bits per heavy atom. The molecule has 0 spiro atoms. The Morgan fingerprint density at radius 2 is 1.60 bits per heavy atom. The number of amides is 1. The number of nitro groups is 1. The van der Waals surface area contributed by atoms with Gasteiger partial charge in [-0.2, -0.15) is 0 Å². The van der Waals surface area contributed by atoms with Crippen LogP contribution in [0.3, 0.4) is 0 Å². The van der Waals surface area contributed by atoms with Crippen molar-refractivity contribution in [3.63, 3.8) is 0 Å². The van der Waals surface area contributed by atoms with Gasteiger partial charge in [-0.3, -0.25) is 14.9 Å². The zero-order valence-corrected chi connectivity index (χ0v) is 10.2. The molecule has 7 heteroatoms. The molecule has 1 amide bonds. The van der Waals surface area contributed by atoms with E-state index in [1.807, 2.05) is 0 Å². The van der Waals surface area contributed by atoms with Gasteiger partial charge in [-0.15, -0.1) is 0 Å². The number of nitro benzene ring substituents is 1. The van der Waals surface area contributed by atoms with Gasteiger partial charge in [0.2, 0.25) is 5.69 Å². The molecule has 2 rings (SSSR count). The topological polar surface area (TPSA) is 98.6 Å². The monoisotopic (exact) mass is 271 g/mol. The molecule has 0 bridgehead atoms. The molecule has 0 aliphatic heterocycles. The van der Waals surface area contributed by atoms with Gasteiger partial charge >= 0.3 is 5.91 Å². The van der Waals surface area contributed by atoms with E-state index in [1.165, 1.54) is 30.3 Å². The van der Waals surface area contributed by atoms with Crippen LogP contribution >= 0.6 is 0 Å². The molecule has 0 saturated heterocycles. The van der Waals surface area contributed by atoms with Gasteiger partial charge in [0, 0.05) is 24.3 Å². The zero-order chi connectivity index (χ0) is 14.5. The summed E-state index contributed by atoms with van der Waals surface area (Å²) in [7, 11) is 0. The minimum absolute atomic E-state index is 0.0176. The normalized spacial score (nSPS) is 11.1. The number of carbonyl (C=O) groups is 1. The molecule has 7 nitrogen and oxygen atoms in total. The van der Waals surface area contributed by atoms with E-state index < -0.39 is 10.8 Å². The first-order chi connectivity index (χ1) is 9.58. The minimum Gasteiger partial charge on any atom is -0.594 e. The maximum absolute atomic E-state index is 11.8. The van der Waals surface area contributed by atoms with Gasteiger partial charge in [0.15, 0.2) is 0 Å². The van der Waals surface area contributed by atoms with Crippen molar-refractivity contribution in [3.05, 3.63) is 75.5 Å². The Bertz CT molecular complexity index is 683. The van der Waals surface area contributed by atoms with E-state index in [-0.39, 0.29) is 21.8 Å². The number of nitrogens with zero attached hydrogens (tertiary/aromatic N) is 3. The maximum Gasteiger partial charge on any atom is 0.340 e. The fraction of sp³-hybridized carbons (Fsp3) is 0. The van der Waals surface area contributed by atoms with Crippen LogP contribution in [0.15, 0.2) is 59.7 Å². The molecule has 100 valence electrons. The van der Waals surface area contributed by atoms with Crippen molar-refractivity contribution in [2.24, 2.45) is 5.11 Å². The van der Waals surface area contributed by atoms with Crippen molar-refractivity contribution in [1.82, 2.24) is 0 Å². The molecular weight excluding hydrogens is 262 g/mol. The molecule has 2 aromatic rings. The van der Waals surface area contributed by atoms with Crippen molar-refractivity contribution in [3.8, 4) is 0 Å². The summed E-state index contributed by atoms with van der Waals surface area (Å²) < 4.78 is 0. The maximum atomic E-state index is 11.8. The summed E-state index contributed by atoms with van der Waals surface area (Å²) in [6.07, 6.45) is 0. The van der Waals surface area contributed by atoms with Crippen LogP contribution in [0, 0.1) is 15.3 Å². The Hall–Kier alpha value is -3.09. The van der Waals surface area contributed by atoms with Crippen molar-refractivity contribution in [1.29, 1.82) is 0 Å². The van der Waals surface area contributed by atoms with Crippen LogP contribution in [0.4, 0.5) is 11.4 Å². The molecule has 0 radical (unpaired) electrons. The summed E-state index contributed by atoms with van der Waals surface area (Å²) in [5, 5.41) is 25.6. The fourth-order valence-electron chi connectivity index (χ4n) is 1.51. The predicted octanol–water partition coefficient (Wildman–Crippen LogP) is 3.03. The van der Waals surface area contributed by atoms with Crippen LogP contribution in [0.25, 0.3) is 0 Å². The van der Waals surface area contributed by atoms with Crippen molar-refractivity contribution in [2.45, 2.75) is 0 Å². The van der Waals surface area contributed by atoms with Crippen LogP contribution in [-0.2, 0) is 0 Å². The molecular formula is C13H9N3O4. The van der Waals surface area contributed by atoms with Gasteiger partial charge in [0.1, 0.15) is 0 Å². The average molecular weight is 271 g/mol. The second kappa shape index (κ2) is 5.70. The van der Waals surface area contributed by atoms with Crippen LogP contribution < -0.4 is 0 Å². The highest BCUT2D eigenvalue weighted by molar-refractivity contribution is 5.94. The first-order valence-corrected chi connectivity index (χ1v) is 5.60. The van der Waals surface area contributed by atoms with Gasteiger partial charge in [-0.05, 0) is 10.9 Å². The molecule has 0 atom stereocenters. The lowest BCUT2D eigenvalue weighted by molar-refractivity contribution is -0.434. The van der Waals surface area contributed by atoms with Crippen LogP contribution in [0.2, 0.25) is 0 Å². The van der Waals surface area contributed by atoms with E-state index in [0.29, 0.717) is 0 Å². The minimum atomic E-state index is -0.840. The lowest BCUT2D eigenvalue weighted by Crippen LogP contribution is -2.01. The van der Waals surface area contributed by atoms with E-state index in [4.69, 9.17) is 0 Å². The lowest BCUT2D eigenvalue weighted by Gasteiger charge is -1.98. The third kappa shape index (κ3) is 3.02. The van der Waals surface area contributed by atoms with E-state index in [9.17, 15) is 20.1 Å². The molecule has 0 saturated carbocycles. The summed E-state index contributed by atoms with van der Waals surface area (Å²) in [5.41, 5.74) is -0.0505. The number of para-hydroxylation sites is 1. The number of benzene rings is 2. The number of carbonyl (C=O) groups excluding carboxylic acids is 1. The molecule has 2 aromatic carbocycles. The molecule has 0 fully saturated rings. The molecule has 0 aliphatic carbocycles. The molecule has 0 unspecified atom stereocenters. The Balaban J connectivity index is 2.28. The summed E-state index contributed by atoms with van der Waals surface area (Å²) in [5.74, 6) is -0.840. The second-order valence-corrected chi connectivity index (χ2v) is 3.82. The molecule has 0 aliphatic rings. The number of azo groups is 1. The van der Waals surface area contributed by atoms with E-state index in [0.717, 1.165) is 6.07 Å². The number of hydrogen-bond donors (Lipinski definition) is 0. The summed E-state index contributed by atoms with van der Waals surface area (Å²) >= 11 is 0. The van der Waals surface area contributed by atoms with Crippen molar-refractivity contribution < 1.29 is 14.6 Å². The smallest absolute Gasteiger partial charge is 0.340 e. The van der Waals surface area contributed by atoms with Gasteiger partial charge in [-0.25, -0.2) is 0 Å². The highest BCUT2D eigenvalue weighted by Gasteiger charge is 2.14. The first-order valence-electron chi connectivity index (χ1n) is 5.60. The van der Waals surface area contributed by atoms with Crippen molar-refractivity contribution in [2.75, 3.05) is 0 Å². The highest BCUT2D eigenvalue weighted by Crippen LogP contribution is 2.15. The van der Waals surface area contributed by atoms with Crippen LogP contribution in [-0.4, -0.2) is 15.7 Å². The SMILES string of the molecule is O=C(N=[N+]([O-])c1ccccc1)c1cccc([N+](=O)[O-])c1. The number of hydrogen-bond acceptors (Lipinski definition) is 4. The third-order valence-electron chi connectivity index (χ3n) is 2.46. The summed E-state index contributed by atoms with van der Waals surface area (Å²) in [6, 6.07) is 13.0. The predicted molar refractivity (Wildman–Crippen MR) is 69.6 cm³/mol. The Labute approximate surface area is 113 Å². The van der Waals surface area contributed by atoms with Gasteiger partial charge in [0.25, 0.3) is 5.69 Å². The number of non-ortho nitro benzene ring substituents is 1. The van der Waals surface area contributed by atoms with Crippen LogP contribution in [0.5, 0.6) is 0 Å². The second-order valence-electron chi connectivity index (χ2n) is 3.82. The van der Waals surface area contributed by atoms with E-state index in [2.05, 4.69) is 5.11 Å². The Morgan fingerprint density at radius 1 is 0.950 bits per heavy atom. The van der Waals surface area contributed by atoms with E-state index >= 15 is 0 Å². The first kappa shape index (κ1) is 13.3. The van der Waals surface area contributed by atoms with Crippen molar-refractivity contribution >= 4 is 17.3 Å². The van der Waals surface area contributed by atoms with Crippen LogP contribution in [0.1, 0.15) is 10.4 Å². The highest BCUT2D eigenvalue weighted by atomic mass is 16.6. The average Bonchev–Trinajstić information content (AvgIpc) is 2.48. The molecule has 0 heterocycles. The van der Waals surface area contributed by atoms with Gasteiger partial charge in [-0.1, -0.05) is 24.3 Å². The zero-order valence-electron chi connectivity index (χ0n) is 10.2. The number of rotatable bonds is 3.